The van der Waals surface area contributed by atoms with Crippen LogP contribution in [-0.4, -0.2) is 23.7 Å². The van der Waals surface area contributed by atoms with E-state index in [1.165, 1.54) is 0 Å². The third-order valence-electron chi connectivity index (χ3n) is 3.33. The Morgan fingerprint density at radius 1 is 1.13 bits per heavy atom. The van der Waals surface area contributed by atoms with Gasteiger partial charge in [0, 0.05) is 33.2 Å². The summed E-state index contributed by atoms with van der Waals surface area (Å²) < 4.78 is 32.6. The largest absolute Gasteiger partial charge is 0.323 e. The van der Waals surface area contributed by atoms with Crippen LogP contribution in [0.2, 0.25) is 0 Å². The smallest absolute Gasteiger partial charge is 0.264 e. The standard InChI is InChI=1S/C15H15N3O3S.Pd/c19-22(20,21)11-5-10-18-14-8-2-1-6-12(14)17-15(18)13-7-3-4-9-16-13;/h1-4,6-9H,5,10-11H2,(H,19,20,21);. The van der Waals surface area contributed by atoms with Crippen molar-refractivity contribution in [3.8, 4) is 11.5 Å². The first-order valence-corrected chi connectivity index (χ1v) is 8.47. The van der Waals surface area contributed by atoms with Gasteiger partial charge in [0.2, 0.25) is 0 Å². The maximum Gasteiger partial charge on any atom is 0.264 e. The molecule has 0 saturated carbocycles. The molecule has 23 heavy (non-hydrogen) atoms. The number of aryl methyl sites for hydroxylation is 1. The summed E-state index contributed by atoms with van der Waals surface area (Å²) in [6.45, 7) is 0.437. The molecule has 0 unspecified atom stereocenters. The van der Waals surface area contributed by atoms with Crippen molar-refractivity contribution in [3.05, 3.63) is 48.7 Å². The molecule has 8 heteroatoms. The van der Waals surface area contributed by atoms with E-state index in [1.807, 2.05) is 47.0 Å². The minimum Gasteiger partial charge on any atom is -0.323 e. The molecule has 0 atom stereocenters. The van der Waals surface area contributed by atoms with Crippen LogP contribution in [-0.2, 0) is 37.1 Å². The molecule has 0 radical (unpaired) electrons. The summed E-state index contributed by atoms with van der Waals surface area (Å²) in [7, 11) is -3.96. The molecule has 0 bridgehead atoms. The second-order valence-corrected chi connectivity index (χ2v) is 6.50. The van der Waals surface area contributed by atoms with Crippen molar-refractivity contribution in [1.29, 1.82) is 0 Å². The van der Waals surface area contributed by atoms with Gasteiger partial charge >= 0.3 is 0 Å². The number of imidazole rings is 1. The zero-order valence-corrected chi connectivity index (χ0v) is 14.4. The quantitative estimate of drug-likeness (QED) is 0.381. The molecule has 0 fully saturated rings. The first-order valence-electron chi connectivity index (χ1n) is 6.86. The number of benzene rings is 1. The summed E-state index contributed by atoms with van der Waals surface area (Å²) in [4.78, 5) is 8.90. The fourth-order valence-electron chi connectivity index (χ4n) is 2.40. The molecule has 0 aliphatic rings. The number of hydrogen-bond acceptors (Lipinski definition) is 3. The fourth-order valence-corrected chi connectivity index (χ4v) is 2.89. The van der Waals surface area contributed by atoms with Gasteiger partial charge < -0.3 is 4.57 Å². The van der Waals surface area contributed by atoms with E-state index in [0.717, 1.165) is 16.7 Å². The van der Waals surface area contributed by atoms with E-state index in [2.05, 4.69) is 9.97 Å². The molecule has 6 nitrogen and oxygen atoms in total. The Kier molecular flexibility index (Phi) is 5.65. The van der Waals surface area contributed by atoms with Gasteiger partial charge in [-0.3, -0.25) is 9.54 Å². The van der Waals surface area contributed by atoms with E-state index in [1.54, 1.807) is 6.20 Å². The topological polar surface area (TPSA) is 85.2 Å². The first-order chi connectivity index (χ1) is 10.5. The predicted octanol–water partition coefficient (Wildman–Crippen LogP) is 1.42. The van der Waals surface area contributed by atoms with Crippen molar-refractivity contribution in [1.82, 2.24) is 9.97 Å². The number of aromatic nitrogens is 3. The minimum absolute atomic E-state index is 0. The number of para-hydroxylation sites is 2. The molecule has 3 rings (SSSR count). The van der Waals surface area contributed by atoms with E-state index < -0.39 is 10.1 Å². The Morgan fingerprint density at radius 3 is 2.57 bits per heavy atom. The molecule has 124 valence electrons. The normalized spacial score (nSPS) is 11.3. The van der Waals surface area contributed by atoms with Gasteiger partial charge in [-0.2, -0.15) is 8.42 Å². The van der Waals surface area contributed by atoms with Crippen LogP contribution >= 0.6 is 0 Å². The summed E-state index contributed by atoms with van der Waals surface area (Å²) in [5, 5.41) is 0. The second kappa shape index (κ2) is 7.32. The zero-order chi connectivity index (χ0) is 15.6. The predicted molar refractivity (Wildman–Crippen MR) is 81.7 cm³/mol. The monoisotopic (exact) mass is 423 g/mol. The number of nitrogens with zero attached hydrogens (tertiary/aromatic N) is 3. The summed E-state index contributed by atoms with van der Waals surface area (Å²) in [5.41, 5.74) is 2.47. The van der Waals surface area contributed by atoms with Crippen molar-refractivity contribution in [2.45, 2.75) is 13.0 Å². The van der Waals surface area contributed by atoms with E-state index in [4.69, 9.17) is 4.55 Å². The maximum atomic E-state index is 10.9. The number of rotatable bonds is 5. The first kappa shape index (κ1) is 17.8. The van der Waals surface area contributed by atoms with Crippen LogP contribution in [0.4, 0.5) is 0 Å². The van der Waals surface area contributed by atoms with Crippen molar-refractivity contribution in [3.63, 3.8) is 0 Å². The molecule has 2 aromatic heterocycles. The van der Waals surface area contributed by atoms with Crippen LogP contribution in [0.25, 0.3) is 22.6 Å². The zero-order valence-electron chi connectivity index (χ0n) is 12.1. The maximum absolute atomic E-state index is 10.9. The van der Waals surface area contributed by atoms with Crippen molar-refractivity contribution in [2.75, 3.05) is 5.75 Å². The summed E-state index contributed by atoms with van der Waals surface area (Å²) in [6.07, 6.45) is 2.00. The second-order valence-electron chi connectivity index (χ2n) is 4.93. The molecule has 0 spiro atoms. The van der Waals surface area contributed by atoms with Gasteiger partial charge in [-0.25, -0.2) is 4.98 Å². The van der Waals surface area contributed by atoms with Crippen LogP contribution in [0.1, 0.15) is 6.42 Å². The van der Waals surface area contributed by atoms with Gasteiger partial charge in [0.05, 0.1) is 16.8 Å². The Labute approximate surface area is 148 Å². The van der Waals surface area contributed by atoms with E-state index in [9.17, 15) is 8.42 Å². The van der Waals surface area contributed by atoms with E-state index >= 15 is 0 Å². The molecule has 0 saturated heterocycles. The minimum atomic E-state index is -3.96. The van der Waals surface area contributed by atoms with Crippen LogP contribution in [0.3, 0.4) is 0 Å². The molecule has 1 aromatic carbocycles. The average Bonchev–Trinajstić information content (AvgIpc) is 2.86. The third kappa shape index (κ3) is 4.24. The van der Waals surface area contributed by atoms with Crippen molar-refractivity contribution < 1.29 is 38.0 Å². The Hall–Kier alpha value is -1.59. The van der Waals surface area contributed by atoms with Crippen LogP contribution in [0.15, 0.2) is 48.7 Å². The molecule has 2 heterocycles. The number of pyridine rings is 1. The van der Waals surface area contributed by atoms with Crippen molar-refractivity contribution >= 4 is 21.2 Å². The average molecular weight is 424 g/mol. The molecule has 1 N–H and O–H groups in total. The molecule has 0 aliphatic heterocycles. The fraction of sp³-hybridized carbons (Fsp3) is 0.200. The van der Waals surface area contributed by atoms with Crippen LogP contribution in [0.5, 0.6) is 0 Å². The van der Waals surface area contributed by atoms with Gasteiger partial charge in [-0.1, -0.05) is 18.2 Å². The SMILES string of the molecule is O=S(=O)(O)CCC[n+]1c(-c2ccccn2)[n-]c2ccccc21.[Pd]. The molecule has 3 aromatic rings. The van der Waals surface area contributed by atoms with Gasteiger partial charge in [0.1, 0.15) is 5.69 Å². The van der Waals surface area contributed by atoms with Gasteiger partial charge in [-0.15, -0.1) is 0 Å². The summed E-state index contributed by atoms with van der Waals surface area (Å²) >= 11 is 0. The van der Waals surface area contributed by atoms with Gasteiger partial charge in [0.25, 0.3) is 10.1 Å². The molecular formula is C15H15N3O3PdS. The summed E-state index contributed by atoms with van der Waals surface area (Å²) in [5.74, 6) is 0.415. The van der Waals surface area contributed by atoms with Crippen LogP contribution < -0.4 is 9.55 Å². The Balaban J connectivity index is 0.00000192. The van der Waals surface area contributed by atoms with Gasteiger partial charge in [0.15, 0.2) is 5.82 Å². The van der Waals surface area contributed by atoms with E-state index in [0.29, 0.717) is 18.8 Å². The molecule has 0 aliphatic carbocycles. The molecule has 0 amide bonds. The van der Waals surface area contributed by atoms with Crippen molar-refractivity contribution in [2.24, 2.45) is 0 Å². The van der Waals surface area contributed by atoms with Crippen LogP contribution in [0, 0.1) is 0 Å². The Morgan fingerprint density at radius 2 is 1.87 bits per heavy atom. The number of fused-ring (bicyclic) bond motifs is 1. The molecular weight excluding hydrogens is 409 g/mol. The van der Waals surface area contributed by atoms with Gasteiger partial charge in [-0.05, 0) is 30.7 Å². The number of hydrogen-bond donors (Lipinski definition) is 1. The summed E-state index contributed by atoms with van der Waals surface area (Å²) in [6, 6.07) is 13.2. The third-order valence-corrected chi connectivity index (χ3v) is 4.14. The Bertz CT molecular complexity index is 895. The van der Waals surface area contributed by atoms with E-state index in [-0.39, 0.29) is 26.2 Å².